The zero-order chi connectivity index (χ0) is 15.3. The first kappa shape index (κ1) is 16.3. The molecule has 114 valence electrons. The van der Waals surface area contributed by atoms with E-state index in [-0.39, 0.29) is 13.0 Å². The van der Waals surface area contributed by atoms with Crippen LogP contribution in [0.3, 0.4) is 0 Å². The summed E-state index contributed by atoms with van der Waals surface area (Å²) in [5, 5.41) is 5.03. The Bertz CT molecular complexity index is 403. The molecule has 0 radical (unpaired) electrons. The molecule has 1 fully saturated rings. The molecular weight excluding hydrogens is 275 g/mol. The summed E-state index contributed by atoms with van der Waals surface area (Å²) in [5.41, 5.74) is 1.04. The van der Waals surface area contributed by atoms with Gasteiger partial charge in [0.15, 0.2) is 0 Å². The normalized spacial score (nSPS) is 18.9. The van der Waals surface area contributed by atoms with Crippen LogP contribution in [-0.4, -0.2) is 48.7 Å². The molecule has 1 aliphatic rings. The maximum atomic E-state index is 12.2. The van der Waals surface area contributed by atoms with E-state index in [1.54, 1.807) is 6.08 Å². The number of carbonyl (C=O) groups is 2. The molecule has 1 aliphatic heterocycles. The highest BCUT2D eigenvalue weighted by Gasteiger charge is 2.38. The van der Waals surface area contributed by atoms with Crippen molar-refractivity contribution in [1.29, 1.82) is 0 Å². The summed E-state index contributed by atoms with van der Waals surface area (Å²) in [7, 11) is 0. The fourth-order valence-electron chi connectivity index (χ4n) is 1.82. The topological polar surface area (TPSA) is 61.4 Å². The minimum Gasteiger partial charge on any atom is -0.335 e. The lowest BCUT2D eigenvalue weighted by atomic mass is 10.2. The molecule has 0 saturated carbocycles. The molecule has 1 atom stereocenters. The number of likely N-dealkylation sites (tertiary alicyclic amines) is 1. The largest absolute Gasteiger partial charge is 0.406 e. The highest BCUT2D eigenvalue weighted by Crippen LogP contribution is 2.20. The Morgan fingerprint density at radius 2 is 2.10 bits per heavy atom. The summed E-state index contributed by atoms with van der Waals surface area (Å²) < 4.78 is 36.6. The molecule has 0 aromatic rings. The van der Waals surface area contributed by atoms with Crippen molar-refractivity contribution in [3.8, 4) is 0 Å². The number of amides is 3. The van der Waals surface area contributed by atoms with Crippen LogP contribution in [0.2, 0.25) is 0 Å². The Labute approximate surface area is 115 Å². The van der Waals surface area contributed by atoms with Gasteiger partial charge in [0.1, 0.15) is 6.54 Å². The fraction of sp³-hybridized carbons (Fsp3) is 0.667. The Morgan fingerprint density at radius 1 is 1.45 bits per heavy atom. The van der Waals surface area contributed by atoms with Gasteiger partial charge in [-0.15, -0.1) is 0 Å². The minimum atomic E-state index is -4.42. The number of halogens is 3. The van der Waals surface area contributed by atoms with Gasteiger partial charge in [-0.3, -0.25) is 4.79 Å². The number of hydrogen-bond donors (Lipinski definition) is 2. The lowest BCUT2D eigenvalue weighted by Gasteiger charge is -2.18. The molecule has 0 aromatic carbocycles. The minimum absolute atomic E-state index is 0.105. The van der Waals surface area contributed by atoms with E-state index in [2.05, 4.69) is 10.6 Å². The highest BCUT2D eigenvalue weighted by molar-refractivity contribution is 5.81. The van der Waals surface area contributed by atoms with Gasteiger partial charge < -0.3 is 15.5 Å². The Morgan fingerprint density at radius 3 is 2.65 bits per heavy atom. The molecule has 0 aromatic heterocycles. The van der Waals surface area contributed by atoms with E-state index >= 15 is 0 Å². The third-order valence-electron chi connectivity index (χ3n) is 2.69. The summed E-state index contributed by atoms with van der Waals surface area (Å²) in [4.78, 5) is 23.6. The summed E-state index contributed by atoms with van der Waals surface area (Å²) in [5.74, 6) is -0.600. The average Bonchev–Trinajstić information content (AvgIpc) is 2.55. The van der Waals surface area contributed by atoms with Crippen molar-refractivity contribution >= 4 is 11.9 Å². The van der Waals surface area contributed by atoms with Gasteiger partial charge in [-0.1, -0.05) is 11.6 Å². The second-order valence-corrected chi connectivity index (χ2v) is 4.93. The van der Waals surface area contributed by atoms with Crippen LogP contribution in [0.1, 0.15) is 20.3 Å². The molecule has 3 amide bonds. The Hall–Kier alpha value is -1.73. The van der Waals surface area contributed by atoms with Gasteiger partial charge >= 0.3 is 12.2 Å². The molecule has 2 N–H and O–H groups in total. The van der Waals surface area contributed by atoms with E-state index in [0.29, 0.717) is 11.4 Å². The van der Waals surface area contributed by atoms with Gasteiger partial charge in [-0.25, -0.2) is 4.79 Å². The van der Waals surface area contributed by atoms with Gasteiger partial charge in [0, 0.05) is 19.5 Å². The average molecular weight is 293 g/mol. The van der Waals surface area contributed by atoms with Gasteiger partial charge in [0.2, 0.25) is 5.91 Å². The Kier molecular flexibility index (Phi) is 5.41. The van der Waals surface area contributed by atoms with Crippen LogP contribution < -0.4 is 10.6 Å². The van der Waals surface area contributed by atoms with E-state index in [1.807, 2.05) is 13.8 Å². The number of carbonyl (C=O) groups excluding carboxylic acids is 2. The first-order valence-electron chi connectivity index (χ1n) is 6.19. The van der Waals surface area contributed by atoms with Crippen molar-refractivity contribution in [3.05, 3.63) is 11.6 Å². The van der Waals surface area contributed by atoms with Crippen LogP contribution >= 0.6 is 0 Å². The van der Waals surface area contributed by atoms with E-state index in [1.165, 1.54) is 0 Å². The van der Waals surface area contributed by atoms with Crippen LogP contribution in [0.4, 0.5) is 18.0 Å². The molecule has 1 heterocycles. The third-order valence-corrected chi connectivity index (χ3v) is 2.69. The van der Waals surface area contributed by atoms with Crippen molar-refractivity contribution in [2.24, 2.45) is 0 Å². The zero-order valence-electron chi connectivity index (χ0n) is 11.4. The number of allylic oxidation sites excluding steroid dienone is 1. The van der Waals surface area contributed by atoms with E-state index < -0.39 is 30.7 Å². The number of nitrogens with zero attached hydrogens (tertiary/aromatic N) is 1. The zero-order valence-corrected chi connectivity index (χ0v) is 11.4. The summed E-state index contributed by atoms with van der Waals surface area (Å²) in [6.45, 7) is 2.70. The second-order valence-electron chi connectivity index (χ2n) is 4.93. The van der Waals surface area contributed by atoms with Gasteiger partial charge in [-0.2, -0.15) is 13.2 Å². The number of nitrogens with one attached hydrogen (secondary N) is 2. The summed E-state index contributed by atoms with van der Waals surface area (Å²) >= 11 is 0. The molecule has 0 spiro atoms. The Balaban J connectivity index is 2.38. The second kappa shape index (κ2) is 6.62. The van der Waals surface area contributed by atoms with Crippen LogP contribution in [0.25, 0.3) is 0 Å². The number of hydrogen-bond acceptors (Lipinski definition) is 2. The standard InChI is InChI=1S/C12H18F3N3O2/c1-8(2)3-4-16-11(20)17-9-5-10(19)18(6-9)7-12(13,14)15/h3,9H,4-7H2,1-2H3,(H2,16,17,20). The van der Waals surface area contributed by atoms with Crippen molar-refractivity contribution < 1.29 is 22.8 Å². The van der Waals surface area contributed by atoms with Gasteiger partial charge in [-0.05, 0) is 13.8 Å². The fourth-order valence-corrected chi connectivity index (χ4v) is 1.82. The molecular formula is C12H18F3N3O2. The first-order chi connectivity index (χ1) is 9.17. The first-order valence-corrected chi connectivity index (χ1v) is 6.19. The maximum absolute atomic E-state index is 12.2. The molecule has 8 heteroatoms. The lowest BCUT2D eigenvalue weighted by molar-refractivity contribution is -0.157. The molecule has 1 saturated heterocycles. The number of urea groups is 1. The van der Waals surface area contributed by atoms with E-state index in [4.69, 9.17) is 0 Å². The van der Waals surface area contributed by atoms with Crippen molar-refractivity contribution in [2.45, 2.75) is 32.5 Å². The molecule has 20 heavy (non-hydrogen) atoms. The van der Waals surface area contributed by atoms with E-state index in [9.17, 15) is 22.8 Å². The predicted octanol–water partition coefficient (Wildman–Crippen LogP) is 1.41. The van der Waals surface area contributed by atoms with Crippen LogP contribution in [-0.2, 0) is 4.79 Å². The predicted molar refractivity (Wildman–Crippen MR) is 67.0 cm³/mol. The van der Waals surface area contributed by atoms with Crippen LogP contribution in [0.15, 0.2) is 11.6 Å². The van der Waals surface area contributed by atoms with Crippen molar-refractivity contribution in [3.63, 3.8) is 0 Å². The van der Waals surface area contributed by atoms with E-state index in [0.717, 1.165) is 5.57 Å². The monoisotopic (exact) mass is 293 g/mol. The highest BCUT2D eigenvalue weighted by atomic mass is 19.4. The SMILES string of the molecule is CC(C)=CCNC(=O)NC1CC(=O)N(CC(F)(F)F)C1. The van der Waals surface area contributed by atoms with Crippen molar-refractivity contribution in [2.75, 3.05) is 19.6 Å². The molecule has 1 rings (SSSR count). The maximum Gasteiger partial charge on any atom is 0.406 e. The van der Waals surface area contributed by atoms with Gasteiger partial charge in [0.25, 0.3) is 0 Å². The third kappa shape index (κ3) is 5.94. The summed E-state index contributed by atoms with van der Waals surface area (Å²) in [6.07, 6.45) is -2.72. The number of rotatable bonds is 4. The molecule has 0 aliphatic carbocycles. The van der Waals surface area contributed by atoms with Crippen LogP contribution in [0, 0.1) is 0 Å². The van der Waals surface area contributed by atoms with Crippen LogP contribution in [0.5, 0.6) is 0 Å². The molecule has 0 bridgehead atoms. The van der Waals surface area contributed by atoms with Gasteiger partial charge in [0.05, 0.1) is 6.04 Å². The molecule has 1 unspecified atom stereocenters. The lowest BCUT2D eigenvalue weighted by Crippen LogP contribution is -2.44. The number of alkyl halides is 3. The quantitative estimate of drug-likeness (QED) is 0.770. The smallest absolute Gasteiger partial charge is 0.335 e. The summed E-state index contributed by atoms with van der Waals surface area (Å²) in [6, 6.07) is -1.08. The molecule has 5 nitrogen and oxygen atoms in total. The van der Waals surface area contributed by atoms with Crippen molar-refractivity contribution in [1.82, 2.24) is 15.5 Å².